The van der Waals surface area contributed by atoms with Crippen LogP contribution in [0.1, 0.15) is 53.9 Å². The highest BCUT2D eigenvalue weighted by Crippen LogP contribution is 2.29. The zero-order valence-electron chi connectivity index (χ0n) is 15.1. The molecule has 1 saturated carbocycles. The van der Waals surface area contributed by atoms with Gasteiger partial charge in [0.25, 0.3) is 0 Å². The van der Waals surface area contributed by atoms with Gasteiger partial charge in [-0.25, -0.2) is 0 Å². The van der Waals surface area contributed by atoms with Crippen LogP contribution in [0.5, 0.6) is 0 Å². The summed E-state index contributed by atoms with van der Waals surface area (Å²) >= 11 is 0. The molecule has 2 rings (SSSR count). The molecule has 2 fully saturated rings. The standard InChI is InChI=1S/C17H34N4.HI/c1-6-18-16(20-11-9-17(4,5)13-20)19-10-12-21(14(2)3)15-7-8-15;/h14-15H,6-13H2,1-5H3,(H,18,19);1H. The molecule has 0 aromatic rings. The van der Waals surface area contributed by atoms with Gasteiger partial charge in [-0.1, -0.05) is 13.8 Å². The Morgan fingerprint density at radius 3 is 2.50 bits per heavy atom. The molecule has 4 nitrogen and oxygen atoms in total. The number of aliphatic imine (C=N–C) groups is 1. The highest BCUT2D eigenvalue weighted by molar-refractivity contribution is 14.0. The number of guanidine groups is 1. The number of hydrogen-bond acceptors (Lipinski definition) is 2. The van der Waals surface area contributed by atoms with Gasteiger partial charge in [0.2, 0.25) is 0 Å². The minimum Gasteiger partial charge on any atom is -0.357 e. The maximum Gasteiger partial charge on any atom is 0.193 e. The zero-order chi connectivity index (χ0) is 15.5. The number of hydrogen-bond donors (Lipinski definition) is 1. The fourth-order valence-corrected chi connectivity index (χ4v) is 3.26. The van der Waals surface area contributed by atoms with Crippen LogP contribution < -0.4 is 5.32 Å². The van der Waals surface area contributed by atoms with E-state index in [1.165, 1.54) is 19.3 Å². The third-order valence-corrected chi connectivity index (χ3v) is 4.61. The average molecular weight is 422 g/mol. The molecule has 5 heteroatoms. The Hall–Kier alpha value is -0.0400. The second-order valence-corrected chi connectivity index (χ2v) is 7.63. The van der Waals surface area contributed by atoms with Crippen LogP contribution in [0, 0.1) is 5.41 Å². The molecule has 1 saturated heterocycles. The summed E-state index contributed by atoms with van der Waals surface area (Å²) in [4.78, 5) is 9.93. The van der Waals surface area contributed by atoms with E-state index in [1.807, 2.05) is 0 Å². The molecular formula is C17H35IN4. The largest absolute Gasteiger partial charge is 0.357 e. The minimum absolute atomic E-state index is 0. The molecule has 0 unspecified atom stereocenters. The van der Waals surface area contributed by atoms with Crippen molar-refractivity contribution in [1.82, 2.24) is 15.1 Å². The van der Waals surface area contributed by atoms with Gasteiger partial charge in [-0.2, -0.15) is 0 Å². The van der Waals surface area contributed by atoms with Crippen molar-refractivity contribution in [3.63, 3.8) is 0 Å². The number of nitrogens with one attached hydrogen (secondary N) is 1. The maximum atomic E-state index is 4.88. The van der Waals surface area contributed by atoms with Gasteiger partial charge in [-0.3, -0.25) is 9.89 Å². The molecule has 22 heavy (non-hydrogen) atoms. The van der Waals surface area contributed by atoms with E-state index in [9.17, 15) is 0 Å². The number of rotatable bonds is 6. The second-order valence-electron chi connectivity index (χ2n) is 7.63. The van der Waals surface area contributed by atoms with Gasteiger partial charge in [0.15, 0.2) is 5.96 Å². The minimum atomic E-state index is 0. The molecule has 0 spiro atoms. The lowest BCUT2D eigenvalue weighted by molar-refractivity contribution is 0.217. The van der Waals surface area contributed by atoms with E-state index in [0.717, 1.165) is 44.7 Å². The first-order chi connectivity index (χ1) is 9.93. The Morgan fingerprint density at radius 1 is 1.36 bits per heavy atom. The molecule has 2 aliphatic rings. The van der Waals surface area contributed by atoms with Gasteiger partial charge < -0.3 is 10.2 Å². The summed E-state index contributed by atoms with van der Waals surface area (Å²) in [6.07, 6.45) is 4.02. The normalized spacial score (nSPS) is 21.4. The molecule has 0 aromatic heterocycles. The molecule has 0 bridgehead atoms. The van der Waals surface area contributed by atoms with E-state index in [-0.39, 0.29) is 24.0 Å². The van der Waals surface area contributed by atoms with Crippen molar-refractivity contribution < 1.29 is 0 Å². The Bertz CT molecular complexity index is 362. The molecule has 1 heterocycles. The first-order valence-corrected chi connectivity index (χ1v) is 8.72. The second kappa shape index (κ2) is 8.71. The molecule has 1 aliphatic carbocycles. The lowest BCUT2D eigenvalue weighted by atomic mass is 9.93. The molecule has 1 N–H and O–H groups in total. The highest BCUT2D eigenvalue weighted by Gasteiger charge is 2.32. The van der Waals surface area contributed by atoms with Gasteiger partial charge in [0.05, 0.1) is 6.54 Å². The van der Waals surface area contributed by atoms with Crippen LogP contribution >= 0.6 is 24.0 Å². The van der Waals surface area contributed by atoms with Crippen molar-refractivity contribution in [3.8, 4) is 0 Å². The quantitative estimate of drug-likeness (QED) is 0.405. The predicted molar refractivity (Wildman–Crippen MR) is 106 cm³/mol. The predicted octanol–water partition coefficient (Wildman–Crippen LogP) is 3.17. The number of halogens is 1. The third-order valence-electron chi connectivity index (χ3n) is 4.61. The molecule has 0 atom stereocenters. The first-order valence-electron chi connectivity index (χ1n) is 8.72. The van der Waals surface area contributed by atoms with Gasteiger partial charge in [-0.05, 0) is 45.4 Å². The topological polar surface area (TPSA) is 30.9 Å². The van der Waals surface area contributed by atoms with Crippen LogP contribution in [0.25, 0.3) is 0 Å². The molecule has 130 valence electrons. The molecular weight excluding hydrogens is 387 g/mol. The summed E-state index contributed by atoms with van der Waals surface area (Å²) in [5.74, 6) is 1.11. The van der Waals surface area contributed by atoms with E-state index in [0.29, 0.717) is 11.5 Å². The average Bonchev–Trinajstić information content (AvgIpc) is 3.16. The molecule has 0 radical (unpaired) electrons. The van der Waals surface area contributed by atoms with Crippen LogP contribution in [0.3, 0.4) is 0 Å². The van der Waals surface area contributed by atoms with Crippen LogP contribution in [0.15, 0.2) is 4.99 Å². The molecule has 0 amide bonds. The summed E-state index contributed by atoms with van der Waals surface area (Å²) in [5.41, 5.74) is 0.425. The fourth-order valence-electron chi connectivity index (χ4n) is 3.26. The molecule has 0 aromatic carbocycles. The van der Waals surface area contributed by atoms with Crippen molar-refractivity contribution in [1.29, 1.82) is 0 Å². The number of likely N-dealkylation sites (tertiary alicyclic amines) is 1. The van der Waals surface area contributed by atoms with Crippen LogP contribution in [0.2, 0.25) is 0 Å². The summed E-state index contributed by atoms with van der Waals surface area (Å²) in [7, 11) is 0. The smallest absolute Gasteiger partial charge is 0.193 e. The van der Waals surface area contributed by atoms with Gasteiger partial charge in [0, 0.05) is 38.3 Å². The number of nitrogens with zero attached hydrogens (tertiary/aromatic N) is 3. The van der Waals surface area contributed by atoms with Crippen LogP contribution in [-0.2, 0) is 0 Å². The Kier molecular flexibility index (Phi) is 7.92. The van der Waals surface area contributed by atoms with Crippen molar-refractivity contribution >= 4 is 29.9 Å². The SMILES string of the molecule is CCNC(=NCCN(C(C)C)C1CC1)N1CCC(C)(C)C1.I. The van der Waals surface area contributed by atoms with Gasteiger partial charge >= 0.3 is 0 Å². The van der Waals surface area contributed by atoms with Crippen molar-refractivity contribution in [2.75, 3.05) is 32.7 Å². The van der Waals surface area contributed by atoms with Crippen molar-refractivity contribution in [2.45, 2.75) is 66.0 Å². The Balaban J connectivity index is 0.00000242. The van der Waals surface area contributed by atoms with E-state index < -0.39 is 0 Å². The first kappa shape index (κ1) is 20.0. The van der Waals surface area contributed by atoms with Crippen LogP contribution in [0.4, 0.5) is 0 Å². The van der Waals surface area contributed by atoms with Crippen molar-refractivity contribution in [3.05, 3.63) is 0 Å². The summed E-state index contributed by atoms with van der Waals surface area (Å²) < 4.78 is 0. The van der Waals surface area contributed by atoms with E-state index in [4.69, 9.17) is 4.99 Å². The summed E-state index contributed by atoms with van der Waals surface area (Å²) in [6.45, 7) is 16.7. The lowest BCUT2D eigenvalue weighted by Crippen LogP contribution is -2.41. The van der Waals surface area contributed by atoms with Gasteiger partial charge in [-0.15, -0.1) is 24.0 Å². The third kappa shape index (κ3) is 5.87. The lowest BCUT2D eigenvalue weighted by Gasteiger charge is -2.27. The van der Waals surface area contributed by atoms with Crippen molar-refractivity contribution in [2.24, 2.45) is 10.4 Å². The highest BCUT2D eigenvalue weighted by atomic mass is 127. The maximum absolute atomic E-state index is 4.88. The van der Waals surface area contributed by atoms with E-state index in [1.54, 1.807) is 0 Å². The Labute approximate surface area is 154 Å². The summed E-state index contributed by atoms with van der Waals surface area (Å²) in [5, 5.41) is 3.47. The Morgan fingerprint density at radius 2 is 2.05 bits per heavy atom. The summed E-state index contributed by atoms with van der Waals surface area (Å²) in [6, 6.07) is 1.47. The zero-order valence-corrected chi connectivity index (χ0v) is 17.4. The molecule has 1 aliphatic heterocycles. The van der Waals surface area contributed by atoms with Crippen LogP contribution in [-0.4, -0.2) is 60.6 Å². The van der Waals surface area contributed by atoms with Gasteiger partial charge in [0.1, 0.15) is 0 Å². The van der Waals surface area contributed by atoms with E-state index >= 15 is 0 Å². The fraction of sp³-hybridized carbons (Fsp3) is 0.941. The monoisotopic (exact) mass is 422 g/mol. The van der Waals surface area contributed by atoms with E-state index in [2.05, 4.69) is 49.7 Å².